The van der Waals surface area contributed by atoms with Crippen molar-refractivity contribution in [2.75, 3.05) is 9.80 Å². The minimum Gasteiger partial charge on any atom is -0.309 e. The lowest BCUT2D eigenvalue weighted by atomic mass is 9.75. The van der Waals surface area contributed by atoms with Gasteiger partial charge in [-0.1, -0.05) is 369 Å². The van der Waals surface area contributed by atoms with E-state index in [1.165, 1.54) is 173 Å². The molecular weight excluding hydrogens is 1220 g/mol. The van der Waals surface area contributed by atoms with Gasteiger partial charge in [-0.25, -0.2) is 0 Å². The molecule has 0 aliphatic carbocycles. The summed E-state index contributed by atoms with van der Waals surface area (Å²) >= 11 is 0. The average molecular weight is 1350 g/mol. The van der Waals surface area contributed by atoms with Crippen LogP contribution in [0.4, 0.5) is 34.1 Å². The molecule has 96 heavy (non-hydrogen) atoms. The first kappa shape index (κ1) is 74.2. The van der Waals surface area contributed by atoms with Crippen molar-refractivity contribution in [1.29, 1.82) is 0 Å². The largest absolute Gasteiger partial charge is 0.309 e. The third-order valence-corrected chi connectivity index (χ3v) is 46.7. The van der Waals surface area contributed by atoms with Crippen LogP contribution in [0, 0.1) is 0 Å². The van der Waals surface area contributed by atoms with Crippen LogP contribution in [0.15, 0.2) is 170 Å². The van der Waals surface area contributed by atoms with Crippen LogP contribution in [-0.4, -0.2) is 32.3 Å². The van der Waals surface area contributed by atoms with E-state index in [1.807, 2.05) is 0 Å². The minimum atomic E-state index is -2.00. The molecule has 0 aromatic heterocycles. The molecular formula is C90H124N2Si4. The molecule has 6 heteroatoms. The molecule has 0 unspecified atom stereocenters. The molecule has 0 radical (unpaired) electrons. The zero-order valence-corrected chi connectivity index (χ0v) is 68.5. The summed E-state index contributed by atoms with van der Waals surface area (Å²) in [5.74, 6) is 0. The van der Waals surface area contributed by atoms with Gasteiger partial charge in [0.05, 0.1) is 43.7 Å². The Hall–Kier alpha value is -6.03. The van der Waals surface area contributed by atoms with Gasteiger partial charge in [0.1, 0.15) is 0 Å². The van der Waals surface area contributed by atoms with Crippen molar-refractivity contribution in [2.24, 2.45) is 0 Å². The van der Waals surface area contributed by atoms with Gasteiger partial charge in [0.25, 0.3) is 0 Å². The van der Waals surface area contributed by atoms with Crippen LogP contribution in [0.25, 0.3) is 43.8 Å². The topological polar surface area (TPSA) is 6.48 Å². The zero-order chi connectivity index (χ0) is 70.1. The van der Waals surface area contributed by atoms with Crippen molar-refractivity contribution in [3.8, 4) is 22.3 Å². The number of fused-ring (bicyclic) bond motifs is 2. The van der Waals surface area contributed by atoms with Gasteiger partial charge in [0, 0.05) is 44.3 Å². The standard InChI is InChI=1S/C90H124N2Si4/c1-25-93(26-2,27-3)75-58-73(59-76(63-75)94(28-4,29-5)30-6)91(71-49-52-83(89(19,20)21)84(62-71)90(22,23)24)85-79-50-47-68(66-45-41-38-42-46-66)54-82(79)86(80-51-48-67(53-81(80)85)65-43-39-37-40-44-65)92(72-56-69(87(13,14)15)55-70(57-72)88(16,17)18)74-60-77(95(31-7,32-8)33-9)64-78(61-74)96(34-10,35-11)36-12/h37-64H,25-36H2,1-24H3. The van der Waals surface area contributed by atoms with Crippen molar-refractivity contribution >= 4 is 109 Å². The van der Waals surface area contributed by atoms with Crippen LogP contribution in [0.1, 0.15) is 188 Å². The minimum absolute atomic E-state index is 0.0689. The summed E-state index contributed by atoms with van der Waals surface area (Å²) in [6.07, 6.45) is 0. The number of hydrogen-bond donors (Lipinski definition) is 0. The van der Waals surface area contributed by atoms with Gasteiger partial charge in [0.15, 0.2) is 0 Å². The second kappa shape index (κ2) is 29.0. The van der Waals surface area contributed by atoms with E-state index >= 15 is 0 Å². The van der Waals surface area contributed by atoms with Crippen molar-refractivity contribution in [3.05, 3.63) is 192 Å². The summed E-state index contributed by atoms with van der Waals surface area (Å²) in [4.78, 5) is 5.67. The lowest BCUT2D eigenvalue weighted by Crippen LogP contribution is -2.52. The van der Waals surface area contributed by atoms with E-state index in [0.717, 1.165) is 0 Å². The van der Waals surface area contributed by atoms with Crippen molar-refractivity contribution in [3.63, 3.8) is 0 Å². The predicted molar refractivity (Wildman–Crippen MR) is 444 cm³/mol. The molecule has 0 amide bonds. The Labute approximate surface area is 589 Å². The second-order valence-corrected chi connectivity index (χ2v) is 54.1. The highest BCUT2D eigenvalue weighted by Crippen LogP contribution is 2.54. The van der Waals surface area contributed by atoms with Gasteiger partial charge in [-0.3, -0.25) is 0 Å². The van der Waals surface area contributed by atoms with Gasteiger partial charge in [-0.05, 0) is 127 Å². The fourth-order valence-corrected chi connectivity index (χ4v) is 31.7. The van der Waals surface area contributed by atoms with E-state index in [2.05, 4.69) is 346 Å². The van der Waals surface area contributed by atoms with E-state index in [0.29, 0.717) is 0 Å². The van der Waals surface area contributed by atoms with Gasteiger partial charge in [-0.2, -0.15) is 0 Å². The monoisotopic (exact) mass is 1340 g/mol. The molecule has 0 saturated heterocycles. The Bertz CT molecular complexity index is 4010. The highest BCUT2D eigenvalue weighted by molar-refractivity contribution is 6.95. The fourth-order valence-electron chi connectivity index (χ4n) is 16.8. The van der Waals surface area contributed by atoms with E-state index in [1.54, 1.807) is 20.7 Å². The quantitative estimate of drug-likeness (QED) is 0.0338. The maximum absolute atomic E-state index is 2.84. The van der Waals surface area contributed by atoms with Crippen LogP contribution < -0.4 is 30.5 Å². The molecule has 0 spiro atoms. The molecule has 0 bridgehead atoms. The van der Waals surface area contributed by atoms with Crippen LogP contribution >= 0.6 is 0 Å². The van der Waals surface area contributed by atoms with Crippen molar-refractivity contribution in [1.82, 2.24) is 0 Å². The molecule has 9 aromatic rings. The van der Waals surface area contributed by atoms with E-state index in [9.17, 15) is 0 Å². The summed E-state index contributed by atoms with van der Waals surface area (Å²) in [5, 5.41) is 11.6. The van der Waals surface area contributed by atoms with Gasteiger partial charge in [-0.15, -0.1) is 0 Å². The van der Waals surface area contributed by atoms with E-state index in [4.69, 9.17) is 0 Å². The van der Waals surface area contributed by atoms with Crippen molar-refractivity contribution < 1.29 is 0 Å². The number of anilines is 6. The summed E-state index contributed by atoms with van der Waals surface area (Å²) in [5.41, 5.74) is 17.5. The molecule has 510 valence electrons. The van der Waals surface area contributed by atoms with Gasteiger partial charge < -0.3 is 9.80 Å². The molecule has 0 saturated carbocycles. The van der Waals surface area contributed by atoms with Gasteiger partial charge >= 0.3 is 0 Å². The summed E-state index contributed by atoms with van der Waals surface area (Å²) in [7, 11) is -7.99. The molecule has 9 rings (SSSR count). The number of benzene rings is 9. The first-order valence-electron chi connectivity index (χ1n) is 37.8. The molecule has 0 N–H and O–H groups in total. The first-order valence-corrected chi connectivity index (χ1v) is 48.3. The zero-order valence-electron chi connectivity index (χ0n) is 64.5. The maximum atomic E-state index is 2.84. The molecule has 0 aliphatic rings. The molecule has 0 aliphatic heterocycles. The van der Waals surface area contributed by atoms with Crippen LogP contribution in [-0.2, 0) is 21.7 Å². The smallest absolute Gasteiger partial charge is 0.0860 e. The van der Waals surface area contributed by atoms with Crippen LogP contribution in [0.2, 0.25) is 72.5 Å². The molecule has 0 atom stereocenters. The summed E-state index contributed by atoms with van der Waals surface area (Å²) in [6.45, 7) is 59.2. The number of hydrogen-bond acceptors (Lipinski definition) is 2. The summed E-state index contributed by atoms with van der Waals surface area (Å²) in [6, 6.07) is 84.4. The predicted octanol–water partition coefficient (Wildman–Crippen LogP) is 26.3. The Morgan fingerprint density at radius 2 is 0.542 bits per heavy atom. The lowest BCUT2D eigenvalue weighted by Gasteiger charge is -2.39. The molecule has 0 heterocycles. The molecule has 9 aromatic carbocycles. The Morgan fingerprint density at radius 1 is 0.240 bits per heavy atom. The Kier molecular flexibility index (Phi) is 22.4. The lowest BCUT2D eigenvalue weighted by molar-refractivity contribution is 0.530. The second-order valence-electron chi connectivity index (χ2n) is 33.0. The molecule has 2 nitrogen and oxygen atoms in total. The van der Waals surface area contributed by atoms with E-state index < -0.39 is 32.3 Å². The Morgan fingerprint density at radius 3 is 0.833 bits per heavy atom. The maximum Gasteiger partial charge on any atom is 0.0860 e. The highest BCUT2D eigenvalue weighted by atomic mass is 28.3. The molecule has 0 fully saturated rings. The summed E-state index contributed by atoms with van der Waals surface area (Å²) < 4.78 is 0. The van der Waals surface area contributed by atoms with Crippen molar-refractivity contribution in [2.45, 2.75) is 260 Å². The van der Waals surface area contributed by atoms with E-state index in [-0.39, 0.29) is 21.7 Å². The number of rotatable bonds is 24. The normalized spacial score (nSPS) is 13.1. The third-order valence-electron chi connectivity index (χ3n) is 24.4. The highest BCUT2D eigenvalue weighted by Gasteiger charge is 2.40. The SMILES string of the molecule is CC[Si](CC)(CC)c1cc(N(c2cc(C(C)(C)C)cc(C(C)(C)C)c2)c2c3ccc(-c4ccccc4)cc3c(N(c3cc([Si](CC)(CC)CC)cc([Si](CC)(CC)CC)c3)c3ccc(C(C)(C)C)c(C(C)(C)C)c3)c3ccc(-c4ccccc4)cc23)cc([Si](CC)(CC)CC)c1. The third kappa shape index (κ3) is 14.1. The van der Waals surface area contributed by atoms with Crippen LogP contribution in [0.3, 0.4) is 0 Å². The van der Waals surface area contributed by atoms with Crippen LogP contribution in [0.5, 0.6) is 0 Å². The first-order chi connectivity index (χ1) is 45.4. The average Bonchev–Trinajstić information content (AvgIpc) is 0.711. The number of nitrogens with zero attached hydrogens (tertiary/aromatic N) is 2. The van der Waals surface area contributed by atoms with Gasteiger partial charge in [0.2, 0.25) is 0 Å². The Balaban J connectivity index is 1.66. The fraction of sp³-hybridized carbons (Fsp3) is 0.444.